The zero-order chi connectivity index (χ0) is 20.1. The Bertz CT molecular complexity index is 925. The van der Waals surface area contributed by atoms with Crippen LogP contribution in [0.1, 0.15) is 57.9 Å². The van der Waals surface area contributed by atoms with E-state index in [2.05, 4.69) is 48.6 Å². The first kappa shape index (κ1) is 19.7. The second-order valence-electron chi connectivity index (χ2n) is 6.96. The molecule has 2 aromatic carbocycles. The Labute approximate surface area is 165 Å². The van der Waals surface area contributed by atoms with Crippen molar-refractivity contribution in [2.75, 3.05) is 0 Å². The molecule has 0 aliphatic heterocycles. The van der Waals surface area contributed by atoms with Crippen molar-refractivity contribution in [2.24, 2.45) is 0 Å². The average Bonchev–Trinajstić information content (AvgIpc) is 3.03. The second kappa shape index (κ2) is 8.74. The summed E-state index contributed by atoms with van der Waals surface area (Å²) in [6.07, 6.45) is 0.817. The molecule has 0 spiro atoms. The molecular weight excluding hydrogens is 352 g/mol. The summed E-state index contributed by atoms with van der Waals surface area (Å²) < 4.78 is 11.0. The highest BCUT2D eigenvalue weighted by Gasteiger charge is 2.15. The fourth-order valence-corrected chi connectivity index (χ4v) is 3.05. The summed E-state index contributed by atoms with van der Waals surface area (Å²) in [7, 11) is 0. The van der Waals surface area contributed by atoms with Crippen molar-refractivity contribution in [1.29, 1.82) is 0 Å². The topological polar surface area (TPSA) is 64.4 Å². The van der Waals surface area contributed by atoms with Crippen LogP contribution in [0.25, 0.3) is 0 Å². The quantitative estimate of drug-likeness (QED) is 0.624. The monoisotopic (exact) mass is 378 g/mol. The van der Waals surface area contributed by atoms with E-state index in [4.69, 9.17) is 9.26 Å². The lowest BCUT2D eigenvalue weighted by molar-refractivity contribution is 0.0935. The van der Waals surface area contributed by atoms with E-state index in [1.807, 2.05) is 26.0 Å². The number of nitrogens with one attached hydrogen (secondary N) is 1. The molecule has 1 aromatic heterocycles. The standard InChI is InChI=1S/C23H26N2O3/c1-5-22(18-11-9-15(2)10-12-18)24-23(26)19-7-6-8-20(13-19)27-14-21-16(3)25-28-17(21)4/h6-13,22H,5,14H2,1-4H3,(H,24,26)/t22-/m0/s1. The molecule has 1 amide bonds. The highest BCUT2D eigenvalue weighted by atomic mass is 16.5. The van der Waals surface area contributed by atoms with Crippen molar-refractivity contribution in [3.63, 3.8) is 0 Å². The van der Waals surface area contributed by atoms with Gasteiger partial charge in [0.1, 0.15) is 18.1 Å². The lowest BCUT2D eigenvalue weighted by Gasteiger charge is -2.18. The number of nitrogens with zero attached hydrogens (tertiary/aromatic N) is 1. The third-order valence-electron chi connectivity index (χ3n) is 4.85. The van der Waals surface area contributed by atoms with Crippen molar-refractivity contribution < 1.29 is 14.1 Å². The largest absolute Gasteiger partial charge is 0.489 e. The second-order valence-corrected chi connectivity index (χ2v) is 6.96. The van der Waals surface area contributed by atoms with Crippen LogP contribution in [-0.2, 0) is 6.61 Å². The maximum Gasteiger partial charge on any atom is 0.251 e. The van der Waals surface area contributed by atoms with E-state index in [-0.39, 0.29) is 11.9 Å². The third kappa shape index (κ3) is 4.60. The lowest BCUT2D eigenvalue weighted by Crippen LogP contribution is -2.28. The van der Waals surface area contributed by atoms with E-state index in [9.17, 15) is 4.79 Å². The Morgan fingerprint density at radius 3 is 2.54 bits per heavy atom. The van der Waals surface area contributed by atoms with E-state index in [1.54, 1.807) is 12.1 Å². The molecule has 0 radical (unpaired) electrons. The molecule has 5 nitrogen and oxygen atoms in total. The van der Waals surface area contributed by atoms with Crippen LogP contribution in [0.4, 0.5) is 0 Å². The summed E-state index contributed by atoms with van der Waals surface area (Å²) in [5, 5.41) is 7.05. The average molecular weight is 378 g/mol. The third-order valence-corrected chi connectivity index (χ3v) is 4.85. The van der Waals surface area contributed by atoms with Crippen LogP contribution in [0.5, 0.6) is 5.75 Å². The normalized spacial score (nSPS) is 11.9. The van der Waals surface area contributed by atoms with Crippen LogP contribution >= 0.6 is 0 Å². The maximum absolute atomic E-state index is 12.8. The van der Waals surface area contributed by atoms with E-state index in [0.29, 0.717) is 17.9 Å². The Morgan fingerprint density at radius 2 is 1.89 bits per heavy atom. The fraction of sp³-hybridized carbons (Fsp3) is 0.304. The minimum atomic E-state index is -0.116. The summed E-state index contributed by atoms with van der Waals surface area (Å²) in [5.74, 6) is 1.27. The molecule has 1 heterocycles. The number of carbonyl (C=O) groups is 1. The number of aromatic nitrogens is 1. The van der Waals surface area contributed by atoms with Gasteiger partial charge in [0.05, 0.1) is 17.3 Å². The maximum atomic E-state index is 12.8. The minimum absolute atomic E-state index is 0.0278. The molecule has 1 N–H and O–H groups in total. The van der Waals surface area contributed by atoms with Crippen molar-refractivity contribution in [2.45, 2.75) is 46.8 Å². The fourth-order valence-electron chi connectivity index (χ4n) is 3.05. The van der Waals surface area contributed by atoms with Crippen molar-refractivity contribution in [3.05, 3.63) is 82.2 Å². The van der Waals surface area contributed by atoms with Gasteiger partial charge in [-0.1, -0.05) is 48.0 Å². The number of rotatable bonds is 7. The molecule has 146 valence electrons. The Balaban J connectivity index is 1.68. The number of carbonyl (C=O) groups excluding carboxylic acids is 1. The molecule has 0 aliphatic carbocycles. The van der Waals surface area contributed by atoms with Gasteiger partial charge in [-0.05, 0) is 51.0 Å². The number of benzene rings is 2. The molecule has 0 aliphatic rings. The number of hydrogen-bond acceptors (Lipinski definition) is 4. The van der Waals surface area contributed by atoms with E-state index in [0.717, 1.165) is 29.0 Å². The highest BCUT2D eigenvalue weighted by molar-refractivity contribution is 5.94. The number of amides is 1. The van der Waals surface area contributed by atoms with Gasteiger partial charge in [0, 0.05) is 5.56 Å². The first-order chi connectivity index (χ1) is 13.5. The Kier molecular flexibility index (Phi) is 6.14. The summed E-state index contributed by atoms with van der Waals surface area (Å²) in [5.41, 5.74) is 4.62. The molecular formula is C23H26N2O3. The lowest BCUT2D eigenvalue weighted by atomic mass is 10.0. The van der Waals surface area contributed by atoms with Crippen LogP contribution < -0.4 is 10.1 Å². The molecule has 0 saturated heterocycles. The predicted octanol–water partition coefficient (Wildman–Crippen LogP) is 5.06. The number of aryl methyl sites for hydroxylation is 3. The Hall–Kier alpha value is -3.08. The van der Waals surface area contributed by atoms with Gasteiger partial charge in [0.2, 0.25) is 0 Å². The molecule has 3 aromatic rings. The highest BCUT2D eigenvalue weighted by Crippen LogP contribution is 2.21. The van der Waals surface area contributed by atoms with Crippen LogP contribution in [0.2, 0.25) is 0 Å². The molecule has 28 heavy (non-hydrogen) atoms. The SMILES string of the molecule is CC[C@H](NC(=O)c1cccc(OCc2c(C)noc2C)c1)c1ccc(C)cc1. The van der Waals surface area contributed by atoms with Crippen LogP contribution in [0.15, 0.2) is 53.1 Å². The van der Waals surface area contributed by atoms with Gasteiger partial charge >= 0.3 is 0 Å². The molecule has 5 heteroatoms. The first-order valence-corrected chi connectivity index (χ1v) is 9.50. The molecule has 0 bridgehead atoms. The van der Waals surface area contributed by atoms with Crippen molar-refractivity contribution >= 4 is 5.91 Å². The van der Waals surface area contributed by atoms with Crippen molar-refractivity contribution in [1.82, 2.24) is 10.5 Å². The van der Waals surface area contributed by atoms with Crippen LogP contribution in [0.3, 0.4) is 0 Å². The van der Waals surface area contributed by atoms with Crippen LogP contribution in [0, 0.1) is 20.8 Å². The Morgan fingerprint density at radius 1 is 1.14 bits per heavy atom. The van der Waals surface area contributed by atoms with Gasteiger partial charge in [-0.25, -0.2) is 0 Å². The zero-order valence-electron chi connectivity index (χ0n) is 16.8. The molecule has 1 atom stereocenters. The van der Waals surface area contributed by atoms with E-state index < -0.39 is 0 Å². The van der Waals surface area contributed by atoms with Gasteiger partial charge in [0.25, 0.3) is 5.91 Å². The molecule has 3 rings (SSSR count). The molecule has 0 saturated carbocycles. The van der Waals surface area contributed by atoms with Gasteiger partial charge in [-0.2, -0.15) is 0 Å². The summed E-state index contributed by atoms with van der Waals surface area (Å²) in [6.45, 7) is 8.21. The van der Waals surface area contributed by atoms with Gasteiger partial charge in [-0.3, -0.25) is 4.79 Å². The summed E-state index contributed by atoms with van der Waals surface area (Å²) in [6, 6.07) is 15.4. The smallest absolute Gasteiger partial charge is 0.251 e. The summed E-state index contributed by atoms with van der Waals surface area (Å²) in [4.78, 5) is 12.8. The number of hydrogen-bond donors (Lipinski definition) is 1. The van der Waals surface area contributed by atoms with Gasteiger partial charge in [0.15, 0.2) is 0 Å². The zero-order valence-corrected chi connectivity index (χ0v) is 16.8. The van der Waals surface area contributed by atoms with Gasteiger partial charge in [-0.15, -0.1) is 0 Å². The number of ether oxygens (including phenoxy) is 1. The summed E-state index contributed by atoms with van der Waals surface area (Å²) >= 11 is 0. The predicted molar refractivity (Wildman–Crippen MR) is 108 cm³/mol. The van der Waals surface area contributed by atoms with Gasteiger partial charge < -0.3 is 14.6 Å². The van der Waals surface area contributed by atoms with Crippen LogP contribution in [-0.4, -0.2) is 11.1 Å². The minimum Gasteiger partial charge on any atom is -0.489 e. The first-order valence-electron chi connectivity index (χ1n) is 9.50. The van der Waals surface area contributed by atoms with E-state index >= 15 is 0 Å². The molecule has 0 unspecified atom stereocenters. The molecule has 0 fully saturated rings. The van der Waals surface area contributed by atoms with E-state index in [1.165, 1.54) is 5.56 Å². The van der Waals surface area contributed by atoms with Crippen molar-refractivity contribution in [3.8, 4) is 5.75 Å².